The molecule has 1 fully saturated rings. The zero-order valence-electron chi connectivity index (χ0n) is 8.99. The zero-order chi connectivity index (χ0) is 10.6. The van der Waals surface area contributed by atoms with Crippen molar-refractivity contribution < 1.29 is 9.90 Å². The first-order valence-corrected chi connectivity index (χ1v) is 5.31. The van der Waals surface area contributed by atoms with Gasteiger partial charge in [-0.05, 0) is 32.9 Å². The smallest absolute Gasteiger partial charge is 0.322 e. The van der Waals surface area contributed by atoms with Crippen molar-refractivity contribution >= 4 is 5.97 Å². The summed E-state index contributed by atoms with van der Waals surface area (Å²) in [7, 11) is 2.00. The quantitative estimate of drug-likeness (QED) is 0.629. The van der Waals surface area contributed by atoms with Gasteiger partial charge >= 0.3 is 5.97 Å². The van der Waals surface area contributed by atoms with E-state index in [1.165, 1.54) is 12.8 Å². The van der Waals surface area contributed by atoms with Crippen molar-refractivity contribution in [1.29, 1.82) is 0 Å². The highest BCUT2D eigenvalue weighted by molar-refractivity contribution is 5.73. The summed E-state index contributed by atoms with van der Waals surface area (Å²) in [5.41, 5.74) is 0. The molecule has 0 aromatic heterocycles. The van der Waals surface area contributed by atoms with E-state index in [-0.39, 0.29) is 0 Å². The van der Waals surface area contributed by atoms with Crippen molar-refractivity contribution in [2.45, 2.75) is 38.3 Å². The summed E-state index contributed by atoms with van der Waals surface area (Å²) in [5, 5.41) is 12.0. The molecule has 4 nitrogen and oxygen atoms in total. The van der Waals surface area contributed by atoms with Gasteiger partial charge in [0.25, 0.3) is 0 Å². The van der Waals surface area contributed by atoms with Gasteiger partial charge in [0.15, 0.2) is 0 Å². The first-order chi connectivity index (χ1) is 6.65. The van der Waals surface area contributed by atoms with Crippen LogP contribution in [-0.4, -0.2) is 48.2 Å². The minimum absolute atomic E-state index is 0.416. The third kappa shape index (κ3) is 3.64. The normalized spacial score (nSPS) is 18.5. The number of likely N-dealkylation sites (N-methyl/N-ethyl adjacent to an activating group) is 1. The number of hydrogen-bond acceptors (Lipinski definition) is 3. The fourth-order valence-corrected chi connectivity index (χ4v) is 1.50. The Morgan fingerprint density at radius 2 is 2.29 bits per heavy atom. The van der Waals surface area contributed by atoms with Crippen LogP contribution in [0.3, 0.4) is 0 Å². The number of hydrogen-bond donors (Lipinski definition) is 2. The Labute approximate surface area is 85.3 Å². The van der Waals surface area contributed by atoms with E-state index in [0.29, 0.717) is 12.6 Å². The van der Waals surface area contributed by atoms with Crippen molar-refractivity contribution in [3.05, 3.63) is 0 Å². The number of carboxylic acid groups (broad SMARTS) is 1. The maximum Gasteiger partial charge on any atom is 0.322 e. The Bertz CT molecular complexity index is 193. The molecule has 82 valence electrons. The standard InChI is InChI=1S/C10H20N2O2/c1-3-6-11-9(10(13)14)7-12(2)8-4-5-8/h8-9,11H,3-7H2,1-2H3,(H,13,14). The van der Waals surface area contributed by atoms with Crippen molar-refractivity contribution in [3.63, 3.8) is 0 Å². The largest absolute Gasteiger partial charge is 0.480 e. The third-order valence-corrected chi connectivity index (χ3v) is 2.58. The van der Waals surface area contributed by atoms with E-state index in [4.69, 9.17) is 5.11 Å². The Morgan fingerprint density at radius 3 is 2.71 bits per heavy atom. The van der Waals surface area contributed by atoms with Crippen LogP contribution in [0.15, 0.2) is 0 Å². The van der Waals surface area contributed by atoms with Gasteiger partial charge in [0.2, 0.25) is 0 Å². The summed E-state index contributed by atoms with van der Waals surface area (Å²) in [5.74, 6) is -0.744. The molecule has 14 heavy (non-hydrogen) atoms. The molecular formula is C10H20N2O2. The topological polar surface area (TPSA) is 52.6 Å². The molecule has 0 spiro atoms. The third-order valence-electron chi connectivity index (χ3n) is 2.58. The van der Waals surface area contributed by atoms with Crippen LogP contribution in [0, 0.1) is 0 Å². The molecule has 0 radical (unpaired) electrons. The van der Waals surface area contributed by atoms with E-state index in [9.17, 15) is 4.79 Å². The molecule has 1 unspecified atom stereocenters. The first-order valence-electron chi connectivity index (χ1n) is 5.31. The SMILES string of the molecule is CCCNC(CN(C)C1CC1)C(=O)O. The van der Waals surface area contributed by atoms with E-state index in [0.717, 1.165) is 13.0 Å². The lowest BCUT2D eigenvalue weighted by molar-refractivity contribution is -0.139. The molecule has 1 aliphatic carbocycles. The number of carboxylic acids is 1. The van der Waals surface area contributed by atoms with E-state index >= 15 is 0 Å². The lowest BCUT2D eigenvalue weighted by Gasteiger charge is -2.21. The van der Waals surface area contributed by atoms with Crippen molar-refractivity contribution in [2.24, 2.45) is 0 Å². The molecule has 0 heterocycles. The zero-order valence-corrected chi connectivity index (χ0v) is 8.99. The number of nitrogens with zero attached hydrogens (tertiary/aromatic N) is 1. The van der Waals surface area contributed by atoms with Crippen LogP contribution in [0.1, 0.15) is 26.2 Å². The van der Waals surface area contributed by atoms with Gasteiger partial charge in [-0.1, -0.05) is 6.92 Å². The highest BCUT2D eigenvalue weighted by Crippen LogP contribution is 2.25. The second kappa shape index (κ2) is 5.32. The van der Waals surface area contributed by atoms with Gasteiger partial charge in [0, 0.05) is 12.6 Å². The molecule has 2 N–H and O–H groups in total. The van der Waals surface area contributed by atoms with E-state index in [2.05, 4.69) is 10.2 Å². The van der Waals surface area contributed by atoms with Crippen LogP contribution >= 0.6 is 0 Å². The summed E-state index contributed by atoms with van der Waals surface area (Å²) in [6.45, 7) is 3.42. The van der Waals surface area contributed by atoms with E-state index in [1.54, 1.807) is 0 Å². The summed E-state index contributed by atoms with van der Waals surface area (Å²) >= 11 is 0. The summed E-state index contributed by atoms with van der Waals surface area (Å²) in [6, 6.07) is 0.209. The molecule has 0 aromatic rings. The average molecular weight is 200 g/mol. The predicted molar refractivity (Wildman–Crippen MR) is 55.4 cm³/mol. The lowest BCUT2D eigenvalue weighted by Crippen LogP contribution is -2.45. The molecule has 1 atom stereocenters. The van der Waals surface area contributed by atoms with Crippen molar-refractivity contribution in [2.75, 3.05) is 20.1 Å². The summed E-state index contributed by atoms with van der Waals surface area (Å²) < 4.78 is 0. The molecule has 4 heteroatoms. The van der Waals surface area contributed by atoms with Crippen LogP contribution in [0.4, 0.5) is 0 Å². The van der Waals surface area contributed by atoms with Crippen LogP contribution in [-0.2, 0) is 4.79 Å². The van der Waals surface area contributed by atoms with Crippen LogP contribution in [0.2, 0.25) is 0 Å². The molecule has 1 aliphatic rings. The maximum absolute atomic E-state index is 10.9. The maximum atomic E-state index is 10.9. The summed E-state index contributed by atoms with van der Waals surface area (Å²) in [6.07, 6.45) is 3.41. The van der Waals surface area contributed by atoms with Gasteiger partial charge in [-0.3, -0.25) is 4.79 Å². The Hall–Kier alpha value is -0.610. The number of rotatable bonds is 7. The van der Waals surface area contributed by atoms with Gasteiger partial charge in [-0.25, -0.2) is 0 Å². The highest BCUT2D eigenvalue weighted by atomic mass is 16.4. The Balaban J connectivity index is 2.29. The van der Waals surface area contributed by atoms with E-state index < -0.39 is 12.0 Å². The van der Waals surface area contributed by atoms with Gasteiger partial charge in [0.05, 0.1) is 0 Å². The van der Waals surface area contributed by atoms with Crippen molar-refractivity contribution in [1.82, 2.24) is 10.2 Å². The van der Waals surface area contributed by atoms with Crippen LogP contribution < -0.4 is 5.32 Å². The minimum atomic E-state index is -0.744. The highest BCUT2D eigenvalue weighted by Gasteiger charge is 2.29. The molecule has 1 saturated carbocycles. The first kappa shape index (κ1) is 11.5. The summed E-state index contributed by atoms with van der Waals surface area (Å²) in [4.78, 5) is 13.0. The average Bonchev–Trinajstić information content (AvgIpc) is 2.94. The number of nitrogens with one attached hydrogen (secondary N) is 1. The molecule has 0 amide bonds. The monoisotopic (exact) mass is 200 g/mol. The molecule has 1 rings (SSSR count). The Kier molecular flexibility index (Phi) is 4.35. The minimum Gasteiger partial charge on any atom is -0.480 e. The number of aliphatic carboxylic acids is 1. The van der Waals surface area contributed by atoms with Crippen LogP contribution in [0.25, 0.3) is 0 Å². The number of carbonyl (C=O) groups is 1. The van der Waals surface area contributed by atoms with E-state index in [1.807, 2.05) is 14.0 Å². The second-order valence-corrected chi connectivity index (χ2v) is 4.02. The molecular weight excluding hydrogens is 180 g/mol. The van der Waals surface area contributed by atoms with Gasteiger partial charge in [0.1, 0.15) is 6.04 Å². The van der Waals surface area contributed by atoms with Gasteiger partial charge < -0.3 is 15.3 Å². The van der Waals surface area contributed by atoms with Crippen LogP contribution in [0.5, 0.6) is 0 Å². The van der Waals surface area contributed by atoms with Gasteiger partial charge in [-0.2, -0.15) is 0 Å². The molecule has 0 aliphatic heterocycles. The lowest BCUT2D eigenvalue weighted by atomic mass is 10.2. The molecule has 0 bridgehead atoms. The molecule has 0 aromatic carbocycles. The fourth-order valence-electron chi connectivity index (χ4n) is 1.50. The predicted octanol–water partition coefficient (Wildman–Crippen LogP) is 0.533. The fraction of sp³-hybridized carbons (Fsp3) is 0.900. The Morgan fingerprint density at radius 1 is 1.64 bits per heavy atom. The van der Waals surface area contributed by atoms with Gasteiger partial charge in [-0.15, -0.1) is 0 Å². The second-order valence-electron chi connectivity index (χ2n) is 4.02. The van der Waals surface area contributed by atoms with Crippen molar-refractivity contribution in [3.8, 4) is 0 Å². The molecule has 0 saturated heterocycles.